The van der Waals surface area contributed by atoms with Crippen LogP contribution in [0.25, 0.3) is 20.8 Å². The van der Waals surface area contributed by atoms with Gasteiger partial charge in [-0.2, -0.15) is 0 Å². The molecule has 136 valence electrons. The molecule has 27 heavy (non-hydrogen) atoms. The number of nitrogens with one attached hydrogen (secondary N) is 1. The number of hydrogen-bond acceptors (Lipinski definition) is 4. The summed E-state index contributed by atoms with van der Waals surface area (Å²) in [4.78, 5) is 4.94. The number of benzene rings is 3. The molecule has 0 saturated carbocycles. The number of hydrogen-bond donors (Lipinski definition) is 1. The molecule has 4 rings (SSSR count). The molecule has 4 aromatic rings. The number of nitrogens with zero attached hydrogens (tertiary/aromatic N) is 1. The number of aromatic nitrogens is 1. The smallest absolute Gasteiger partial charge is 0.262 e. The Morgan fingerprint density at radius 2 is 1.74 bits per heavy atom. The monoisotopic (exact) mass is 394 g/mol. The zero-order chi connectivity index (χ0) is 19.0. The third-order valence-electron chi connectivity index (χ3n) is 4.29. The maximum Gasteiger partial charge on any atom is 0.262 e. The molecule has 0 atom stereocenters. The molecule has 4 nitrogen and oxygen atoms in total. The molecule has 1 heterocycles. The first kappa shape index (κ1) is 17.7. The predicted molar refractivity (Wildman–Crippen MR) is 112 cm³/mol. The van der Waals surface area contributed by atoms with Crippen LogP contribution in [0.15, 0.2) is 71.6 Å². The summed E-state index contributed by atoms with van der Waals surface area (Å²) < 4.78 is 29.5. The maximum atomic E-state index is 12.8. The standard InChI is InChI=1S/C21H18N2O2S2/c1-14-10-11-15(2)20(12-14)27(24,25)23-17-7-5-6-16(13-17)21-22-18-8-3-4-9-19(18)26-21/h3-13,23H,1-2H3. The zero-order valence-corrected chi connectivity index (χ0v) is 16.6. The first-order valence-corrected chi connectivity index (χ1v) is 10.8. The Kier molecular flexibility index (Phi) is 4.45. The Morgan fingerprint density at radius 3 is 2.56 bits per heavy atom. The third kappa shape index (κ3) is 3.59. The van der Waals surface area contributed by atoms with Gasteiger partial charge in [-0.25, -0.2) is 13.4 Å². The van der Waals surface area contributed by atoms with Crippen molar-refractivity contribution < 1.29 is 8.42 Å². The van der Waals surface area contributed by atoms with E-state index in [4.69, 9.17) is 0 Å². The van der Waals surface area contributed by atoms with E-state index < -0.39 is 10.0 Å². The van der Waals surface area contributed by atoms with Crippen LogP contribution in [0, 0.1) is 13.8 Å². The highest BCUT2D eigenvalue weighted by atomic mass is 32.2. The molecule has 3 aromatic carbocycles. The number of para-hydroxylation sites is 1. The van der Waals surface area contributed by atoms with Gasteiger partial charge in [0, 0.05) is 11.3 Å². The Morgan fingerprint density at radius 1 is 0.926 bits per heavy atom. The molecule has 0 aliphatic rings. The van der Waals surface area contributed by atoms with Gasteiger partial charge in [0.25, 0.3) is 10.0 Å². The molecular formula is C21H18N2O2S2. The molecule has 1 aromatic heterocycles. The summed E-state index contributed by atoms with van der Waals surface area (Å²) in [5.74, 6) is 0. The number of fused-ring (bicyclic) bond motifs is 1. The second-order valence-corrected chi connectivity index (χ2v) is 9.12. The number of anilines is 1. The lowest BCUT2D eigenvalue weighted by molar-refractivity contribution is 0.600. The minimum atomic E-state index is -3.66. The Labute approximate surface area is 162 Å². The van der Waals surface area contributed by atoms with E-state index in [-0.39, 0.29) is 0 Å². The summed E-state index contributed by atoms with van der Waals surface area (Å²) in [5.41, 5.74) is 3.98. The zero-order valence-electron chi connectivity index (χ0n) is 14.9. The molecule has 1 N–H and O–H groups in total. The molecule has 0 fully saturated rings. The lowest BCUT2D eigenvalue weighted by Crippen LogP contribution is -2.14. The number of rotatable bonds is 4. The van der Waals surface area contributed by atoms with Crippen LogP contribution in [0.2, 0.25) is 0 Å². The highest BCUT2D eigenvalue weighted by molar-refractivity contribution is 7.92. The van der Waals surface area contributed by atoms with Crippen molar-refractivity contribution in [3.63, 3.8) is 0 Å². The van der Waals surface area contributed by atoms with Crippen LogP contribution >= 0.6 is 11.3 Å². The van der Waals surface area contributed by atoms with E-state index in [1.54, 1.807) is 30.4 Å². The van der Waals surface area contributed by atoms with Crippen LogP contribution in [-0.2, 0) is 10.0 Å². The maximum absolute atomic E-state index is 12.8. The van der Waals surface area contributed by atoms with Crippen molar-refractivity contribution >= 4 is 37.3 Å². The second kappa shape index (κ2) is 6.79. The fraction of sp³-hybridized carbons (Fsp3) is 0.0952. The van der Waals surface area contributed by atoms with Gasteiger partial charge in [0.2, 0.25) is 0 Å². The van der Waals surface area contributed by atoms with E-state index in [1.165, 1.54) is 0 Å². The first-order chi connectivity index (χ1) is 12.9. The molecule has 0 spiro atoms. The van der Waals surface area contributed by atoms with Gasteiger partial charge < -0.3 is 0 Å². The van der Waals surface area contributed by atoms with E-state index >= 15 is 0 Å². The van der Waals surface area contributed by atoms with Crippen molar-refractivity contribution in [2.45, 2.75) is 18.7 Å². The topological polar surface area (TPSA) is 59.1 Å². The van der Waals surface area contributed by atoms with Crippen LogP contribution in [0.5, 0.6) is 0 Å². The third-order valence-corrected chi connectivity index (χ3v) is 6.90. The van der Waals surface area contributed by atoms with Crippen molar-refractivity contribution in [3.05, 3.63) is 77.9 Å². The predicted octanol–water partition coefficient (Wildman–Crippen LogP) is 5.38. The quantitative estimate of drug-likeness (QED) is 0.505. The van der Waals surface area contributed by atoms with Gasteiger partial charge in [0.1, 0.15) is 5.01 Å². The highest BCUT2D eigenvalue weighted by Crippen LogP contribution is 2.31. The lowest BCUT2D eigenvalue weighted by atomic mass is 10.2. The normalized spacial score (nSPS) is 11.6. The number of thiazole rings is 1. The largest absolute Gasteiger partial charge is 0.280 e. The van der Waals surface area contributed by atoms with Crippen molar-refractivity contribution in [1.82, 2.24) is 4.98 Å². The molecule has 0 aliphatic heterocycles. The van der Waals surface area contributed by atoms with Crippen LogP contribution in [0.3, 0.4) is 0 Å². The molecule has 0 radical (unpaired) electrons. The fourth-order valence-corrected chi connectivity index (χ4v) is 5.26. The van der Waals surface area contributed by atoms with Gasteiger partial charge in [0.05, 0.1) is 15.1 Å². The van der Waals surface area contributed by atoms with Crippen LogP contribution < -0.4 is 4.72 Å². The fourth-order valence-electron chi connectivity index (χ4n) is 2.92. The number of aryl methyl sites for hydroxylation is 2. The van der Waals surface area contributed by atoms with E-state index in [1.807, 2.05) is 61.5 Å². The Bertz CT molecular complexity index is 1210. The molecule has 6 heteroatoms. The van der Waals surface area contributed by atoms with Gasteiger partial charge in [-0.3, -0.25) is 4.72 Å². The highest BCUT2D eigenvalue weighted by Gasteiger charge is 2.17. The number of sulfonamides is 1. The Balaban J connectivity index is 1.69. The van der Waals surface area contributed by atoms with Gasteiger partial charge >= 0.3 is 0 Å². The molecule has 0 aliphatic carbocycles. The summed E-state index contributed by atoms with van der Waals surface area (Å²) in [6, 6.07) is 20.7. The van der Waals surface area contributed by atoms with Crippen molar-refractivity contribution in [2.75, 3.05) is 4.72 Å². The Hall–Kier alpha value is -2.70. The van der Waals surface area contributed by atoms with Gasteiger partial charge in [-0.1, -0.05) is 36.4 Å². The summed E-state index contributed by atoms with van der Waals surface area (Å²) >= 11 is 1.59. The van der Waals surface area contributed by atoms with Crippen LogP contribution in [-0.4, -0.2) is 13.4 Å². The summed E-state index contributed by atoms with van der Waals surface area (Å²) in [7, 11) is -3.66. The van der Waals surface area contributed by atoms with Gasteiger partial charge in [0.15, 0.2) is 0 Å². The average molecular weight is 395 g/mol. The molecule has 0 unspecified atom stereocenters. The van der Waals surface area contributed by atoms with E-state index in [0.717, 1.165) is 31.9 Å². The minimum Gasteiger partial charge on any atom is -0.280 e. The summed E-state index contributed by atoms with van der Waals surface area (Å²) in [6.07, 6.45) is 0. The van der Waals surface area contributed by atoms with E-state index in [9.17, 15) is 8.42 Å². The molecule has 0 saturated heterocycles. The van der Waals surface area contributed by atoms with E-state index in [0.29, 0.717) is 10.6 Å². The minimum absolute atomic E-state index is 0.299. The first-order valence-electron chi connectivity index (χ1n) is 8.48. The SMILES string of the molecule is Cc1ccc(C)c(S(=O)(=O)Nc2cccc(-c3nc4ccccc4s3)c2)c1. The van der Waals surface area contributed by atoms with Gasteiger partial charge in [-0.05, 0) is 55.3 Å². The average Bonchev–Trinajstić information content (AvgIpc) is 3.08. The van der Waals surface area contributed by atoms with Crippen molar-refractivity contribution in [2.24, 2.45) is 0 Å². The van der Waals surface area contributed by atoms with Crippen LogP contribution in [0.1, 0.15) is 11.1 Å². The van der Waals surface area contributed by atoms with Gasteiger partial charge in [-0.15, -0.1) is 11.3 Å². The second-order valence-electron chi connectivity index (χ2n) is 6.44. The molecule has 0 bridgehead atoms. The summed E-state index contributed by atoms with van der Waals surface area (Å²) in [5, 5.41) is 0.865. The molecular weight excluding hydrogens is 376 g/mol. The summed E-state index contributed by atoms with van der Waals surface area (Å²) in [6.45, 7) is 3.68. The van der Waals surface area contributed by atoms with Crippen LogP contribution in [0.4, 0.5) is 5.69 Å². The lowest BCUT2D eigenvalue weighted by Gasteiger charge is -2.11. The van der Waals surface area contributed by atoms with Crippen molar-refractivity contribution in [1.29, 1.82) is 0 Å². The van der Waals surface area contributed by atoms with Crippen molar-refractivity contribution in [3.8, 4) is 10.6 Å². The van der Waals surface area contributed by atoms with E-state index in [2.05, 4.69) is 9.71 Å². The molecule has 0 amide bonds.